The van der Waals surface area contributed by atoms with Crippen LogP contribution in [-0.2, 0) is 24.1 Å². The summed E-state index contributed by atoms with van der Waals surface area (Å²) in [5.74, 6) is -0.383. The number of rotatable bonds is 5. The van der Waals surface area contributed by atoms with Gasteiger partial charge in [0.05, 0.1) is 18.8 Å². The zero-order chi connectivity index (χ0) is 23.8. The van der Waals surface area contributed by atoms with E-state index in [0.29, 0.717) is 42.0 Å². The van der Waals surface area contributed by atoms with E-state index in [1.54, 1.807) is 11.6 Å². The van der Waals surface area contributed by atoms with Gasteiger partial charge in [-0.1, -0.05) is 48.5 Å². The zero-order valence-corrected chi connectivity index (χ0v) is 19.6. The van der Waals surface area contributed by atoms with Crippen LogP contribution in [0.4, 0.5) is 0 Å². The van der Waals surface area contributed by atoms with E-state index in [9.17, 15) is 9.59 Å². The number of nitrogens with one attached hydrogen (secondary N) is 1. The number of aromatic nitrogens is 3. The molecule has 1 aliphatic carbocycles. The Hall–Kier alpha value is -3.93. The number of H-pyrrole nitrogens is 1. The summed E-state index contributed by atoms with van der Waals surface area (Å²) in [5, 5.41) is 4.83. The van der Waals surface area contributed by atoms with Crippen molar-refractivity contribution in [3.63, 3.8) is 0 Å². The summed E-state index contributed by atoms with van der Waals surface area (Å²) < 4.78 is 7.12. The van der Waals surface area contributed by atoms with Crippen LogP contribution in [0.3, 0.4) is 0 Å². The summed E-state index contributed by atoms with van der Waals surface area (Å²) in [6.07, 6.45) is 1.37. The number of benzene rings is 2. The summed E-state index contributed by atoms with van der Waals surface area (Å²) in [6, 6.07) is 17.9. The topological polar surface area (TPSA) is 77.0 Å². The number of carbonyl (C=O) groups is 1. The Morgan fingerprint density at radius 1 is 1.06 bits per heavy atom. The molecule has 0 radical (unpaired) electrons. The van der Waals surface area contributed by atoms with Gasteiger partial charge in [-0.3, -0.25) is 9.48 Å². The number of carbonyl (C=O) groups excluding carboxylic acids is 1. The predicted molar refractivity (Wildman–Crippen MR) is 132 cm³/mol. The first-order valence-electron chi connectivity index (χ1n) is 11.6. The third-order valence-corrected chi connectivity index (χ3v) is 6.51. The highest BCUT2D eigenvalue weighted by atomic mass is 16.5. The quantitative estimate of drug-likeness (QED) is 0.439. The fourth-order valence-electron chi connectivity index (χ4n) is 4.63. The second-order valence-electron chi connectivity index (χ2n) is 8.75. The van der Waals surface area contributed by atoms with Gasteiger partial charge in [-0.05, 0) is 67.5 Å². The van der Waals surface area contributed by atoms with Crippen molar-refractivity contribution < 1.29 is 9.53 Å². The van der Waals surface area contributed by atoms with Crippen molar-refractivity contribution in [3.05, 3.63) is 98.5 Å². The number of pyridine rings is 1. The van der Waals surface area contributed by atoms with Crippen molar-refractivity contribution in [2.45, 2.75) is 40.2 Å². The van der Waals surface area contributed by atoms with Crippen molar-refractivity contribution >= 4 is 5.97 Å². The highest BCUT2D eigenvalue weighted by molar-refractivity contribution is 5.92. The number of nitrogens with zero attached hydrogens (tertiary/aromatic N) is 2. The van der Waals surface area contributed by atoms with Gasteiger partial charge in [0.1, 0.15) is 5.69 Å². The molecule has 6 nitrogen and oxygen atoms in total. The molecule has 2 heterocycles. The third-order valence-electron chi connectivity index (χ3n) is 6.51. The summed E-state index contributed by atoms with van der Waals surface area (Å²) in [7, 11) is 0. The van der Waals surface area contributed by atoms with Gasteiger partial charge in [0, 0.05) is 11.1 Å². The van der Waals surface area contributed by atoms with Crippen molar-refractivity contribution in [1.29, 1.82) is 0 Å². The largest absolute Gasteiger partial charge is 0.461 e. The number of hydrogen-bond acceptors (Lipinski definition) is 4. The van der Waals surface area contributed by atoms with Crippen molar-refractivity contribution in [2.24, 2.45) is 0 Å². The molecule has 1 aliphatic rings. The zero-order valence-electron chi connectivity index (χ0n) is 19.6. The Kier molecular flexibility index (Phi) is 5.65. The maximum atomic E-state index is 13.0. The van der Waals surface area contributed by atoms with Crippen molar-refractivity contribution in [2.75, 3.05) is 6.61 Å². The third kappa shape index (κ3) is 3.85. The molecule has 0 spiro atoms. The van der Waals surface area contributed by atoms with E-state index in [2.05, 4.69) is 37.0 Å². The van der Waals surface area contributed by atoms with Gasteiger partial charge < -0.3 is 9.72 Å². The lowest BCUT2D eigenvalue weighted by Gasteiger charge is -2.16. The van der Waals surface area contributed by atoms with Crippen LogP contribution in [0.25, 0.3) is 22.5 Å². The molecule has 0 saturated carbocycles. The van der Waals surface area contributed by atoms with E-state index in [0.717, 1.165) is 22.3 Å². The summed E-state index contributed by atoms with van der Waals surface area (Å²) >= 11 is 0. The number of aryl methyl sites for hydroxylation is 3. The molecule has 2 aromatic heterocycles. The van der Waals surface area contributed by atoms with E-state index in [-0.39, 0.29) is 18.1 Å². The van der Waals surface area contributed by atoms with Gasteiger partial charge in [0.2, 0.25) is 0 Å². The second-order valence-corrected chi connectivity index (χ2v) is 8.75. The molecular formula is C28H27N3O3. The Morgan fingerprint density at radius 3 is 2.59 bits per heavy atom. The fourth-order valence-corrected chi connectivity index (χ4v) is 4.63. The van der Waals surface area contributed by atoms with Gasteiger partial charge >= 0.3 is 5.97 Å². The minimum absolute atomic E-state index is 0.167. The molecule has 0 bridgehead atoms. The molecule has 0 unspecified atom stereocenters. The molecule has 34 heavy (non-hydrogen) atoms. The molecule has 2 aromatic carbocycles. The lowest BCUT2D eigenvalue weighted by molar-refractivity contribution is 0.0511. The van der Waals surface area contributed by atoms with Crippen LogP contribution >= 0.6 is 0 Å². The molecule has 4 aromatic rings. The van der Waals surface area contributed by atoms with Crippen LogP contribution in [-0.4, -0.2) is 27.3 Å². The van der Waals surface area contributed by atoms with Crippen LogP contribution in [0.5, 0.6) is 0 Å². The Balaban J connectivity index is 1.63. The highest BCUT2D eigenvalue weighted by Crippen LogP contribution is 2.34. The van der Waals surface area contributed by atoms with Crippen LogP contribution in [0.1, 0.15) is 45.2 Å². The molecule has 0 aliphatic heterocycles. The first-order valence-corrected chi connectivity index (χ1v) is 11.6. The van der Waals surface area contributed by atoms with Crippen LogP contribution in [0.15, 0.2) is 59.4 Å². The number of ether oxygens (including phenoxy) is 1. The van der Waals surface area contributed by atoms with E-state index < -0.39 is 0 Å². The van der Waals surface area contributed by atoms with Gasteiger partial charge in [-0.15, -0.1) is 0 Å². The standard InChI is InChI=1S/C28H27N3O3/c1-4-34-28(33)26-22-13-12-21-15-23(20-8-6-5-7-9-20)27(32)29-24(21)25(22)30-31(26)16-19-11-10-17(2)18(3)14-19/h5-11,14-15H,4,12-13,16H2,1-3H3,(H,29,32). The average Bonchev–Trinajstić information content (AvgIpc) is 3.20. The van der Waals surface area contributed by atoms with Crippen molar-refractivity contribution in [3.8, 4) is 22.5 Å². The predicted octanol–water partition coefficient (Wildman–Crippen LogP) is 4.85. The maximum absolute atomic E-state index is 13.0. The van der Waals surface area contributed by atoms with E-state index in [1.807, 2.05) is 36.4 Å². The number of fused-ring (bicyclic) bond motifs is 3. The van der Waals surface area contributed by atoms with Crippen LogP contribution < -0.4 is 5.56 Å². The second kappa shape index (κ2) is 8.78. The molecule has 0 amide bonds. The van der Waals surface area contributed by atoms with Crippen molar-refractivity contribution in [1.82, 2.24) is 14.8 Å². The van der Waals surface area contributed by atoms with Gasteiger partial charge in [-0.2, -0.15) is 5.10 Å². The Labute approximate surface area is 198 Å². The Morgan fingerprint density at radius 2 is 1.85 bits per heavy atom. The molecule has 172 valence electrons. The first-order chi connectivity index (χ1) is 16.5. The number of esters is 1. The summed E-state index contributed by atoms with van der Waals surface area (Å²) in [5.41, 5.74) is 8.49. The van der Waals surface area contributed by atoms with Gasteiger partial charge in [-0.25, -0.2) is 4.79 Å². The van der Waals surface area contributed by atoms with Gasteiger partial charge in [0.25, 0.3) is 5.56 Å². The summed E-state index contributed by atoms with van der Waals surface area (Å²) in [6.45, 7) is 6.68. The molecule has 0 atom stereocenters. The lowest BCUT2D eigenvalue weighted by Crippen LogP contribution is -2.17. The van der Waals surface area contributed by atoms with E-state index in [1.165, 1.54) is 11.1 Å². The molecule has 6 heteroatoms. The van der Waals surface area contributed by atoms with Crippen LogP contribution in [0.2, 0.25) is 0 Å². The number of aromatic amines is 1. The SMILES string of the molecule is CCOC(=O)c1c2c(nn1Cc1ccc(C)c(C)c1)-c1[nH]c(=O)c(-c3ccccc3)cc1CC2. The first kappa shape index (κ1) is 21.9. The summed E-state index contributed by atoms with van der Waals surface area (Å²) in [4.78, 5) is 29.0. The smallest absolute Gasteiger partial charge is 0.356 e. The molecular weight excluding hydrogens is 426 g/mol. The maximum Gasteiger partial charge on any atom is 0.356 e. The lowest BCUT2D eigenvalue weighted by atomic mass is 9.90. The fraction of sp³-hybridized carbons (Fsp3) is 0.250. The van der Waals surface area contributed by atoms with E-state index >= 15 is 0 Å². The average molecular weight is 454 g/mol. The van der Waals surface area contributed by atoms with Crippen LogP contribution in [0, 0.1) is 13.8 Å². The monoisotopic (exact) mass is 453 g/mol. The normalized spacial score (nSPS) is 12.2. The minimum Gasteiger partial charge on any atom is -0.461 e. The molecule has 0 fully saturated rings. The molecule has 0 saturated heterocycles. The van der Waals surface area contributed by atoms with E-state index in [4.69, 9.17) is 9.84 Å². The highest BCUT2D eigenvalue weighted by Gasteiger charge is 2.30. The molecule has 1 N–H and O–H groups in total. The molecule has 5 rings (SSSR count). The Bertz CT molecular complexity index is 1450. The van der Waals surface area contributed by atoms with Gasteiger partial charge in [0.15, 0.2) is 5.69 Å². The minimum atomic E-state index is -0.383. The number of hydrogen-bond donors (Lipinski definition) is 1.